The molecule has 2 heterocycles. The smallest absolute Gasteiger partial charge is 0.289 e. The SMILES string of the molecule is CCCc1nc(C)c(C(=O)NC(C)C(=O)N2CCc3ccccc32)o1. The Balaban J connectivity index is 1.69. The van der Waals surface area contributed by atoms with Crippen LogP contribution in [-0.4, -0.2) is 29.4 Å². The first-order valence-electron chi connectivity index (χ1n) is 8.67. The minimum Gasteiger partial charge on any atom is -0.435 e. The predicted molar refractivity (Wildman–Crippen MR) is 94.7 cm³/mol. The third kappa shape index (κ3) is 3.43. The summed E-state index contributed by atoms with van der Waals surface area (Å²) in [4.78, 5) is 31.2. The molecule has 0 saturated carbocycles. The van der Waals surface area contributed by atoms with Gasteiger partial charge in [-0.15, -0.1) is 0 Å². The number of nitrogens with one attached hydrogen (secondary N) is 1. The molecule has 0 spiro atoms. The van der Waals surface area contributed by atoms with E-state index in [-0.39, 0.29) is 11.7 Å². The van der Waals surface area contributed by atoms with E-state index in [4.69, 9.17) is 4.42 Å². The summed E-state index contributed by atoms with van der Waals surface area (Å²) in [6.07, 6.45) is 2.42. The van der Waals surface area contributed by atoms with Gasteiger partial charge in [-0.2, -0.15) is 0 Å². The predicted octanol–water partition coefficient (Wildman–Crippen LogP) is 2.64. The van der Waals surface area contributed by atoms with Gasteiger partial charge in [0.2, 0.25) is 11.7 Å². The van der Waals surface area contributed by atoms with Gasteiger partial charge in [0.15, 0.2) is 5.89 Å². The molecule has 2 aromatic rings. The zero-order chi connectivity index (χ0) is 18.0. The Labute approximate surface area is 147 Å². The first-order chi connectivity index (χ1) is 12.0. The van der Waals surface area contributed by atoms with E-state index >= 15 is 0 Å². The van der Waals surface area contributed by atoms with Crippen LogP contribution in [0.3, 0.4) is 0 Å². The summed E-state index contributed by atoms with van der Waals surface area (Å²) in [6.45, 7) is 6.09. The van der Waals surface area contributed by atoms with Crippen LogP contribution in [0.2, 0.25) is 0 Å². The Kier molecular flexibility index (Phi) is 4.88. The molecule has 1 aromatic carbocycles. The number of carbonyl (C=O) groups excluding carboxylic acids is 2. The maximum Gasteiger partial charge on any atom is 0.289 e. The molecule has 1 atom stereocenters. The molecular weight excluding hydrogens is 318 g/mol. The molecule has 2 amide bonds. The molecule has 0 saturated heterocycles. The number of para-hydroxylation sites is 1. The number of amides is 2. The summed E-state index contributed by atoms with van der Waals surface area (Å²) in [5.41, 5.74) is 2.63. The summed E-state index contributed by atoms with van der Waals surface area (Å²) in [5, 5.41) is 2.74. The van der Waals surface area contributed by atoms with Gasteiger partial charge in [0.25, 0.3) is 5.91 Å². The summed E-state index contributed by atoms with van der Waals surface area (Å²) in [7, 11) is 0. The van der Waals surface area contributed by atoms with Crippen LogP contribution in [0, 0.1) is 6.92 Å². The van der Waals surface area contributed by atoms with Crippen LogP contribution >= 0.6 is 0 Å². The lowest BCUT2D eigenvalue weighted by atomic mass is 10.2. The second-order valence-electron chi connectivity index (χ2n) is 6.34. The van der Waals surface area contributed by atoms with E-state index in [2.05, 4.69) is 10.3 Å². The van der Waals surface area contributed by atoms with Crippen LogP contribution < -0.4 is 10.2 Å². The standard InChI is InChI=1S/C19H23N3O3/c1-4-7-16-20-12(2)17(25-16)18(23)21-13(3)19(24)22-11-10-14-8-5-6-9-15(14)22/h5-6,8-9,13H,4,7,10-11H2,1-3H3,(H,21,23). The summed E-state index contributed by atoms with van der Waals surface area (Å²) in [5.74, 6) is 0.215. The number of aromatic nitrogens is 1. The van der Waals surface area contributed by atoms with Crippen molar-refractivity contribution in [2.24, 2.45) is 0 Å². The van der Waals surface area contributed by atoms with E-state index in [0.29, 0.717) is 24.6 Å². The van der Waals surface area contributed by atoms with E-state index < -0.39 is 11.9 Å². The van der Waals surface area contributed by atoms with Crippen molar-refractivity contribution in [3.8, 4) is 0 Å². The summed E-state index contributed by atoms with van der Waals surface area (Å²) in [6, 6.07) is 7.21. The van der Waals surface area contributed by atoms with Crippen molar-refractivity contribution in [2.45, 2.75) is 46.1 Å². The zero-order valence-corrected chi connectivity index (χ0v) is 14.8. The summed E-state index contributed by atoms with van der Waals surface area (Å²) >= 11 is 0. The summed E-state index contributed by atoms with van der Waals surface area (Å²) < 4.78 is 5.53. The average molecular weight is 341 g/mol. The quantitative estimate of drug-likeness (QED) is 0.907. The molecule has 132 valence electrons. The van der Waals surface area contributed by atoms with E-state index in [1.807, 2.05) is 31.2 Å². The van der Waals surface area contributed by atoms with E-state index in [0.717, 1.165) is 24.1 Å². The number of nitrogens with zero attached hydrogens (tertiary/aromatic N) is 2. The highest BCUT2D eigenvalue weighted by atomic mass is 16.4. The van der Waals surface area contributed by atoms with E-state index in [1.54, 1.807) is 18.7 Å². The van der Waals surface area contributed by atoms with Crippen LogP contribution in [-0.2, 0) is 17.6 Å². The minimum atomic E-state index is -0.641. The lowest BCUT2D eigenvalue weighted by Gasteiger charge is -2.22. The highest BCUT2D eigenvalue weighted by Gasteiger charge is 2.29. The number of carbonyl (C=O) groups is 2. The number of aryl methyl sites for hydroxylation is 2. The van der Waals surface area contributed by atoms with Crippen LogP contribution in [0.1, 0.15) is 48.0 Å². The topological polar surface area (TPSA) is 75.4 Å². The fourth-order valence-electron chi connectivity index (χ4n) is 3.11. The maximum absolute atomic E-state index is 12.7. The molecule has 0 bridgehead atoms. The van der Waals surface area contributed by atoms with Gasteiger partial charge in [-0.3, -0.25) is 9.59 Å². The number of benzene rings is 1. The molecule has 1 aromatic heterocycles. The van der Waals surface area contributed by atoms with Gasteiger partial charge in [0, 0.05) is 18.7 Å². The molecule has 1 aliphatic heterocycles. The van der Waals surface area contributed by atoms with Crippen molar-refractivity contribution in [2.75, 3.05) is 11.4 Å². The number of fused-ring (bicyclic) bond motifs is 1. The number of anilines is 1. The van der Waals surface area contributed by atoms with Gasteiger partial charge < -0.3 is 14.6 Å². The fraction of sp³-hybridized carbons (Fsp3) is 0.421. The molecular formula is C19H23N3O3. The fourth-order valence-corrected chi connectivity index (χ4v) is 3.11. The Morgan fingerprint density at radius 3 is 2.88 bits per heavy atom. The lowest BCUT2D eigenvalue weighted by molar-refractivity contribution is -0.119. The second kappa shape index (κ2) is 7.09. The van der Waals surface area contributed by atoms with Crippen LogP contribution in [0.4, 0.5) is 5.69 Å². The van der Waals surface area contributed by atoms with Gasteiger partial charge in [-0.05, 0) is 38.3 Å². The Bertz CT molecular complexity index is 797. The largest absolute Gasteiger partial charge is 0.435 e. The highest BCUT2D eigenvalue weighted by molar-refractivity contribution is 6.02. The van der Waals surface area contributed by atoms with Crippen molar-refractivity contribution < 1.29 is 14.0 Å². The molecule has 6 heteroatoms. The van der Waals surface area contributed by atoms with Crippen LogP contribution in [0.5, 0.6) is 0 Å². The molecule has 1 unspecified atom stereocenters. The molecule has 1 N–H and O–H groups in total. The van der Waals surface area contributed by atoms with Crippen molar-refractivity contribution in [3.63, 3.8) is 0 Å². The van der Waals surface area contributed by atoms with Crippen LogP contribution in [0.25, 0.3) is 0 Å². The Hall–Kier alpha value is -2.63. The average Bonchev–Trinajstić information content (AvgIpc) is 3.18. The van der Waals surface area contributed by atoms with Gasteiger partial charge in [0.1, 0.15) is 6.04 Å². The van der Waals surface area contributed by atoms with Gasteiger partial charge >= 0.3 is 0 Å². The minimum absolute atomic E-state index is 0.121. The van der Waals surface area contributed by atoms with Gasteiger partial charge in [-0.1, -0.05) is 25.1 Å². The highest BCUT2D eigenvalue weighted by Crippen LogP contribution is 2.27. The molecule has 25 heavy (non-hydrogen) atoms. The van der Waals surface area contributed by atoms with Gasteiger partial charge in [-0.25, -0.2) is 4.98 Å². The van der Waals surface area contributed by atoms with E-state index in [1.165, 1.54) is 0 Å². The van der Waals surface area contributed by atoms with Crippen LogP contribution in [0.15, 0.2) is 28.7 Å². The lowest BCUT2D eigenvalue weighted by Crippen LogP contribution is -2.46. The second-order valence-corrected chi connectivity index (χ2v) is 6.34. The molecule has 0 fully saturated rings. The normalized spacial score (nSPS) is 14.3. The molecule has 0 radical (unpaired) electrons. The number of hydrogen-bond donors (Lipinski definition) is 1. The molecule has 0 aliphatic carbocycles. The van der Waals surface area contributed by atoms with Crippen molar-refractivity contribution in [1.82, 2.24) is 10.3 Å². The third-order valence-electron chi connectivity index (χ3n) is 4.38. The zero-order valence-electron chi connectivity index (χ0n) is 14.8. The Morgan fingerprint density at radius 1 is 1.36 bits per heavy atom. The molecule has 3 rings (SSSR count). The monoisotopic (exact) mass is 341 g/mol. The van der Waals surface area contributed by atoms with Crippen molar-refractivity contribution in [3.05, 3.63) is 47.2 Å². The Morgan fingerprint density at radius 2 is 2.12 bits per heavy atom. The first kappa shape index (κ1) is 17.2. The number of oxazole rings is 1. The van der Waals surface area contributed by atoms with Crippen molar-refractivity contribution in [1.29, 1.82) is 0 Å². The number of rotatable bonds is 5. The third-order valence-corrected chi connectivity index (χ3v) is 4.38. The number of hydrogen-bond acceptors (Lipinski definition) is 4. The van der Waals surface area contributed by atoms with Gasteiger partial charge in [0.05, 0.1) is 5.69 Å². The molecule has 6 nitrogen and oxygen atoms in total. The van der Waals surface area contributed by atoms with E-state index in [9.17, 15) is 9.59 Å². The molecule has 1 aliphatic rings. The van der Waals surface area contributed by atoms with Crippen molar-refractivity contribution >= 4 is 17.5 Å². The maximum atomic E-state index is 12.7. The first-order valence-corrected chi connectivity index (χ1v) is 8.67.